The molecular weight excluding hydrogens is 152 g/mol. The molecular formula is C9H20N2O. The molecule has 3 nitrogen and oxygen atoms in total. The van der Waals surface area contributed by atoms with Gasteiger partial charge in [0, 0.05) is 26.1 Å². The third kappa shape index (κ3) is 7.54. The number of carbonyl (C=O) groups is 1. The highest BCUT2D eigenvalue weighted by Crippen LogP contribution is 1.92. The first-order valence-corrected chi connectivity index (χ1v) is 4.64. The number of hydrogen-bond donors (Lipinski definition) is 2. The van der Waals surface area contributed by atoms with Gasteiger partial charge in [-0.1, -0.05) is 13.3 Å². The van der Waals surface area contributed by atoms with Crippen molar-refractivity contribution in [3.05, 3.63) is 0 Å². The van der Waals surface area contributed by atoms with Gasteiger partial charge < -0.3 is 10.6 Å². The maximum Gasteiger partial charge on any atom is 0.216 e. The van der Waals surface area contributed by atoms with E-state index in [9.17, 15) is 4.79 Å². The summed E-state index contributed by atoms with van der Waals surface area (Å²) in [5, 5.41) is 6.07. The maximum absolute atomic E-state index is 10.5. The molecule has 0 saturated heterocycles. The van der Waals surface area contributed by atoms with Gasteiger partial charge in [-0.2, -0.15) is 0 Å². The first-order valence-electron chi connectivity index (χ1n) is 4.64. The summed E-state index contributed by atoms with van der Waals surface area (Å²) >= 11 is 0. The molecule has 0 radical (unpaired) electrons. The lowest BCUT2D eigenvalue weighted by Gasteiger charge is -2.12. The molecule has 0 aromatic heterocycles. The van der Waals surface area contributed by atoms with Crippen molar-refractivity contribution in [3.63, 3.8) is 0 Å². The average Bonchev–Trinajstić information content (AvgIpc) is 1.98. The van der Waals surface area contributed by atoms with Crippen LogP contribution in [-0.4, -0.2) is 25.0 Å². The fraction of sp³-hybridized carbons (Fsp3) is 0.889. The summed E-state index contributed by atoms with van der Waals surface area (Å²) in [6, 6.07) is 0.559. The Morgan fingerprint density at radius 2 is 2.08 bits per heavy atom. The van der Waals surface area contributed by atoms with E-state index in [1.54, 1.807) is 0 Å². The van der Waals surface area contributed by atoms with Gasteiger partial charge >= 0.3 is 0 Å². The van der Waals surface area contributed by atoms with Crippen LogP contribution < -0.4 is 10.6 Å². The van der Waals surface area contributed by atoms with Gasteiger partial charge in [0.1, 0.15) is 0 Å². The van der Waals surface area contributed by atoms with E-state index in [4.69, 9.17) is 0 Å². The number of carbonyl (C=O) groups excluding carboxylic acids is 1. The van der Waals surface area contributed by atoms with Crippen molar-refractivity contribution in [2.75, 3.05) is 13.1 Å². The fourth-order valence-electron chi connectivity index (χ4n) is 1.09. The Labute approximate surface area is 74.9 Å². The summed E-state index contributed by atoms with van der Waals surface area (Å²) in [6.45, 7) is 7.46. The van der Waals surface area contributed by atoms with E-state index in [0.29, 0.717) is 6.04 Å². The number of hydrogen-bond acceptors (Lipinski definition) is 2. The molecule has 72 valence electrons. The SMILES string of the molecule is CCCC(C)NCCNC(C)=O. The Balaban J connectivity index is 3.13. The normalized spacial score (nSPS) is 12.6. The van der Waals surface area contributed by atoms with Gasteiger partial charge in [-0.25, -0.2) is 0 Å². The van der Waals surface area contributed by atoms with Crippen LogP contribution in [0.25, 0.3) is 0 Å². The van der Waals surface area contributed by atoms with E-state index >= 15 is 0 Å². The quantitative estimate of drug-likeness (QED) is 0.584. The molecule has 0 rings (SSSR count). The van der Waals surface area contributed by atoms with Gasteiger partial charge in [-0.05, 0) is 13.3 Å². The van der Waals surface area contributed by atoms with E-state index in [0.717, 1.165) is 13.1 Å². The number of rotatable bonds is 6. The van der Waals surface area contributed by atoms with Crippen LogP contribution in [0, 0.1) is 0 Å². The summed E-state index contributed by atoms with van der Waals surface area (Å²) in [4.78, 5) is 10.5. The Morgan fingerprint density at radius 3 is 2.58 bits per heavy atom. The van der Waals surface area contributed by atoms with Crippen molar-refractivity contribution in [3.8, 4) is 0 Å². The van der Waals surface area contributed by atoms with Gasteiger partial charge in [-0.15, -0.1) is 0 Å². The molecule has 1 unspecified atom stereocenters. The van der Waals surface area contributed by atoms with Crippen LogP contribution >= 0.6 is 0 Å². The van der Waals surface area contributed by atoms with Gasteiger partial charge in [-0.3, -0.25) is 4.79 Å². The van der Waals surface area contributed by atoms with E-state index in [2.05, 4.69) is 24.5 Å². The van der Waals surface area contributed by atoms with Crippen molar-refractivity contribution in [1.82, 2.24) is 10.6 Å². The van der Waals surface area contributed by atoms with Crippen molar-refractivity contribution in [2.24, 2.45) is 0 Å². The molecule has 1 atom stereocenters. The summed E-state index contributed by atoms with van der Waals surface area (Å²) < 4.78 is 0. The molecule has 0 aromatic carbocycles. The first kappa shape index (κ1) is 11.4. The van der Waals surface area contributed by atoms with Gasteiger partial charge in [0.25, 0.3) is 0 Å². The third-order valence-electron chi connectivity index (χ3n) is 1.71. The monoisotopic (exact) mass is 172 g/mol. The predicted octanol–water partition coefficient (Wildman–Crippen LogP) is 0.901. The lowest BCUT2D eigenvalue weighted by Crippen LogP contribution is -2.34. The Morgan fingerprint density at radius 1 is 1.42 bits per heavy atom. The van der Waals surface area contributed by atoms with Crippen LogP contribution in [0.15, 0.2) is 0 Å². The summed E-state index contributed by atoms with van der Waals surface area (Å²) in [6.07, 6.45) is 2.40. The van der Waals surface area contributed by atoms with Gasteiger partial charge in [0.15, 0.2) is 0 Å². The van der Waals surface area contributed by atoms with Crippen molar-refractivity contribution >= 4 is 5.91 Å². The van der Waals surface area contributed by atoms with E-state index in [1.807, 2.05) is 0 Å². The van der Waals surface area contributed by atoms with Crippen LogP contribution in [0.4, 0.5) is 0 Å². The van der Waals surface area contributed by atoms with Crippen LogP contribution in [0.3, 0.4) is 0 Å². The molecule has 0 heterocycles. The molecule has 0 aliphatic heterocycles. The third-order valence-corrected chi connectivity index (χ3v) is 1.71. The molecule has 0 saturated carbocycles. The molecule has 0 aliphatic carbocycles. The first-order chi connectivity index (χ1) is 5.66. The zero-order chi connectivity index (χ0) is 9.40. The largest absolute Gasteiger partial charge is 0.355 e. The van der Waals surface area contributed by atoms with Crippen molar-refractivity contribution in [2.45, 2.75) is 39.7 Å². The zero-order valence-corrected chi connectivity index (χ0v) is 8.31. The highest BCUT2D eigenvalue weighted by molar-refractivity contribution is 5.72. The minimum Gasteiger partial charge on any atom is -0.355 e. The molecule has 0 spiro atoms. The summed E-state index contributed by atoms with van der Waals surface area (Å²) in [5.41, 5.74) is 0. The lowest BCUT2D eigenvalue weighted by molar-refractivity contribution is -0.118. The van der Waals surface area contributed by atoms with E-state index in [1.165, 1.54) is 19.8 Å². The minimum absolute atomic E-state index is 0.0416. The molecule has 3 heteroatoms. The molecule has 1 amide bonds. The fourth-order valence-corrected chi connectivity index (χ4v) is 1.09. The molecule has 0 aromatic rings. The highest BCUT2D eigenvalue weighted by Gasteiger charge is 1.97. The Kier molecular flexibility index (Phi) is 6.76. The number of amides is 1. The second kappa shape index (κ2) is 7.10. The molecule has 12 heavy (non-hydrogen) atoms. The summed E-state index contributed by atoms with van der Waals surface area (Å²) in [7, 11) is 0. The Hall–Kier alpha value is -0.570. The molecule has 0 bridgehead atoms. The predicted molar refractivity (Wildman–Crippen MR) is 51.1 cm³/mol. The van der Waals surface area contributed by atoms with Gasteiger partial charge in [0.2, 0.25) is 5.91 Å². The van der Waals surface area contributed by atoms with Crippen LogP contribution in [0.2, 0.25) is 0 Å². The molecule has 0 aliphatic rings. The second-order valence-corrected chi connectivity index (χ2v) is 3.13. The maximum atomic E-state index is 10.5. The topological polar surface area (TPSA) is 41.1 Å². The standard InChI is InChI=1S/C9H20N2O/c1-4-5-8(2)10-6-7-11-9(3)12/h8,10H,4-7H2,1-3H3,(H,11,12). The molecule has 0 fully saturated rings. The van der Waals surface area contributed by atoms with Crippen molar-refractivity contribution < 1.29 is 4.79 Å². The van der Waals surface area contributed by atoms with Crippen LogP contribution in [0.5, 0.6) is 0 Å². The zero-order valence-electron chi connectivity index (χ0n) is 8.31. The Bertz CT molecular complexity index is 126. The summed E-state index contributed by atoms with van der Waals surface area (Å²) in [5.74, 6) is 0.0416. The van der Waals surface area contributed by atoms with E-state index in [-0.39, 0.29) is 5.91 Å². The van der Waals surface area contributed by atoms with Gasteiger partial charge in [0.05, 0.1) is 0 Å². The minimum atomic E-state index is 0.0416. The second-order valence-electron chi connectivity index (χ2n) is 3.13. The smallest absolute Gasteiger partial charge is 0.216 e. The van der Waals surface area contributed by atoms with Crippen molar-refractivity contribution in [1.29, 1.82) is 0 Å². The van der Waals surface area contributed by atoms with E-state index < -0.39 is 0 Å². The lowest BCUT2D eigenvalue weighted by atomic mass is 10.2. The van der Waals surface area contributed by atoms with Crippen LogP contribution in [-0.2, 0) is 4.79 Å². The van der Waals surface area contributed by atoms with Crippen LogP contribution in [0.1, 0.15) is 33.6 Å². The molecule has 2 N–H and O–H groups in total. The number of nitrogens with one attached hydrogen (secondary N) is 2. The highest BCUT2D eigenvalue weighted by atomic mass is 16.1. The average molecular weight is 172 g/mol.